The lowest BCUT2D eigenvalue weighted by molar-refractivity contribution is -0.160. The zero-order chi connectivity index (χ0) is 15.6. The third kappa shape index (κ3) is 3.73. The van der Waals surface area contributed by atoms with Crippen molar-refractivity contribution in [1.29, 1.82) is 0 Å². The first kappa shape index (κ1) is 16.5. The molecule has 0 saturated carbocycles. The number of hydrogen-bond acceptors (Lipinski definition) is 3. The first-order valence-electron chi connectivity index (χ1n) is 6.36. The third-order valence-electron chi connectivity index (χ3n) is 3.26. The Morgan fingerprint density at radius 2 is 1.70 bits per heavy atom. The van der Waals surface area contributed by atoms with Gasteiger partial charge in [-0.1, -0.05) is 19.1 Å². The number of carbonyl (C=O) groups is 2. The molecule has 1 aromatic rings. The standard InChI is InChI=1S/C15H19ClO4/c1-5-15(4,16)13(19)20-14(2,3)11-8-6-10(7-9-11)12(17)18/h6-9H,5H2,1-4H3,(H,17,18). The maximum Gasteiger partial charge on any atom is 0.335 e. The van der Waals surface area contributed by atoms with Crippen LogP contribution in [0, 0.1) is 0 Å². The summed E-state index contributed by atoms with van der Waals surface area (Å²) in [6, 6.07) is 6.22. The van der Waals surface area contributed by atoms with E-state index < -0.39 is 22.4 Å². The van der Waals surface area contributed by atoms with Gasteiger partial charge in [0.25, 0.3) is 0 Å². The summed E-state index contributed by atoms with van der Waals surface area (Å²) >= 11 is 6.08. The van der Waals surface area contributed by atoms with E-state index in [2.05, 4.69) is 0 Å². The zero-order valence-electron chi connectivity index (χ0n) is 12.1. The van der Waals surface area contributed by atoms with Crippen molar-refractivity contribution in [2.45, 2.75) is 44.6 Å². The van der Waals surface area contributed by atoms with Gasteiger partial charge in [-0.05, 0) is 44.9 Å². The second kappa shape index (κ2) is 5.83. The fourth-order valence-electron chi connectivity index (χ4n) is 1.56. The van der Waals surface area contributed by atoms with E-state index in [1.165, 1.54) is 12.1 Å². The number of carbonyl (C=O) groups excluding carboxylic acids is 1. The van der Waals surface area contributed by atoms with Crippen LogP contribution in [0.1, 0.15) is 50.0 Å². The summed E-state index contributed by atoms with van der Waals surface area (Å²) in [5.74, 6) is -1.49. The molecule has 1 N–H and O–H groups in total. The Labute approximate surface area is 123 Å². The van der Waals surface area contributed by atoms with E-state index in [0.29, 0.717) is 12.0 Å². The molecule has 0 aliphatic rings. The fraction of sp³-hybridized carbons (Fsp3) is 0.467. The number of carboxylic acids is 1. The van der Waals surface area contributed by atoms with Crippen molar-refractivity contribution < 1.29 is 19.4 Å². The van der Waals surface area contributed by atoms with Crippen LogP contribution in [0.15, 0.2) is 24.3 Å². The Morgan fingerprint density at radius 1 is 1.20 bits per heavy atom. The Bertz CT molecular complexity index is 503. The van der Waals surface area contributed by atoms with Crippen molar-refractivity contribution in [3.8, 4) is 0 Å². The van der Waals surface area contributed by atoms with Gasteiger partial charge in [0.1, 0.15) is 10.5 Å². The minimum atomic E-state index is -1.06. The second-order valence-corrected chi connectivity index (χ2v) is 6.17. The Kier molecular flexibility index (Phi) is 4.81. The molecule has 0 amide bonds. The molecule has 0 aliphatic heterocycles. The quantitative estimate of drug-likeness (QED) is 0.667. The number of esters is 1. The number of carboxylic acid groups (broad SMARTS) is 1. The predicted molar refractivity (Wildman–Crippen MR) is 77.1 cm³/mol. The molecular formula is C15H19ClO4. The maximum absolute atomic E-state index is 12.0. The predicted octanol–water partition coefficient (Wildman–Crippen LogP) is 3.57. The van der Waals surface area contributed by atoms with Crippen molar-refractivity contribution >= 4 is 23.5 Å². The molecule has 1 aromatic carbocycles. The van der Waals surface area contributed by atoms with Crippen LogP contribution in [0.4, 0.5) is 0 Å². The first-order valence-corrected chi connectivity index (χ1v) is 6.74. The van der Waals surface area contributed by atoms with E-state index >= 15 is 0 Å². The number of aromatic carboxylic acids is 1. The highest BCUT2D eigenvalue weighted by atomic mass is 35.5. The highest BCUT2D eigenvalue weighted by Crippen LogP contribution is 2.30. The van der Waals surface area contributed by atoms with E-state index in [0.717, 1.165) is 0 Å². The van der Waals surface area contributed by atoms with Crippen molar-refractivity contribution in [3.05, 3.63) is 35.4 Å². The molecule has 0 heterocycles. The molecule has 0 aromatic heterocycles. The number of rotatable bonds is 5. The average molecular weight is 299 g/mol. The Morgan fingerprint density at radius 3 is 2.10 bits per heavy atom. The lowest BCUT2D eigenvalue weighted by atomic mass is 9.96. The van der Waals surface area contributed by atoms with E-state index in [4.69, 9.17) is 21.4 Å². The molecule has 5 heteroatoms. The largest absolute Gasteiger partial charge is 0.478 e. The van der Waals surface area contributed by atoms with E-state index in [9.17, 15) is 9.59 Å². The van der Waals surface area contributed by atoms with Crippen molar-refractivity contribution in [1.82, 2.24) is 0 Å². The summed E-state index contributed by atoms with van der Waals surface area (Å²) in [6.45, 7) is 6.90. The van der Waals surface area contributed by atoms with Gasteiger partial charge in [0, 0.05) is 0 Å². The van der Waals surface area contributed by atoms with E-state index in [1.807, 2.05) is 6.92 Å². The van der Waals surface area contributed by atoms with Crippen LogP contribution in [0.5, 0.6) is 0 Å². The molecule has 0 fully saturated rings. The molecule has 1 atom stereocenters. The first-order chi connectivity index (χ1) is 9.10. The highest BCUT2D eigenvalue weighted by Gasteiger charge is 2.35. The van der Waals surface area contributed by atoms with Crippen LogP contribution in [0.2, 0.25) is 0 Å². The van der Waals surface area contributed by atoms with Crippen molar-refractivity contribution in [2.24, 2.45) is 0 Å². The van der Waals surface area contributed by atoms with Crippen LogP contribution < -0.4 is 0 Å². The van der Waals surface area contributed by atoms with Gasteiger partial charge in [-0.2, -0.15) is 0 Å². The number of hydrogen-bond donors (Lipinski definition) is 1. The topological polar surface area (TPSA) is 63.6 Å². The second-order valence-electron chi connectivity index (χ2n) is 5.33. The summed E-state index contributed by atoms with van der Waals surface area (Å²) in [4.78, 5) is 21.8. The number of alkyl halides is 1. The summed E-state index contributed by atoms with van der Waals surface area (Å²) in [6.07, 6.45) is 0.460. The molecule has 1 rings (SSSR count). The molecule has 0 aliphatic carbocycles. The highest BCUT2D eigenvalue weighted by molar-refractivity contribution is 6.33. The van der Waals surface area contributed by atoms with Gasteiger partial charge in [0.2, 0.25) is 0 Å². The smallest absolute Gasteiger partial charge is 0.335 e. The van der Waals surface area contributed by atoms with Gasteiger partial charge in [-0.25, -0.2) is 4.79 Å². The van der Waals surface area contributed by atoms with Crippen LogP contribution in [-0.2, 0) is 15.1 Å². The Hall–Kier alpha value is -1.55. The average Bonchev–Trinajstić information content (AvgIpc) is 2.38. The zero-order valence-corrected chi connectivity index (χ0v) is 12.8. The van der Waals surface area contributed by atoms with Crippen LogP contribution >= 0.6 is 11.6 Å². The number of halogens is 1. The van der Waals surface area contributed by atoms with Gasteiger partial charge in [-0.15, -0.1) is 11.6 Å². The van der Waals surface area contributed by atoms with Crippen LogP contribution in [0.3, 0.4) is 0 Å². The van der Waals surface area contributed by atoms with E-state index in [1.54, 1.807) is 32.9 Å². The van der Waals surface area contributed by atoms with Gasteiger partial charge in [-0.3, -0.25) is 4.79 Å². The minimum Gasteiger partial charge on any atom is -0.478 e. The molecule has 0 bridgehead atoms. The van der Waals surface area contributed by atoms with Gasteiger partial charge in [0.05, 0.1) is 5.56 Å². The van der Waals surface area contributed by atoms with Crippen molar-refractivity contribution in [3.63, 3.8) is 0 Å². The van der Waals surface area contributed by atoms with Crippen LogP contribution in [0.25, 0.3) is 0 Å². The molecular weight excluding hydrogens is 280 g/mol. The van der Waals surface area contributed by atoms with Gasteiger partial charge < -0.3 is 9.84 Å². The van der Waals surface area contributed by atoms with E-state index in [-0.39, 0.29) is 5.56 Å². The molecule has 0 radical (unpaired) electrons. The summed E-state index contributed by atoms with van der Waals surface area (Å²) < 4.78 is 5.46. The lowest BCUT2D eigenvalue weighted by Gasteiger charge is -2.29. The molecule has 4 nitrogen and oxygen atoms in total. The third-order valence-corrected chi connectivity index (χ3v) is 3.69. The van der Waals surface area contributed by atoms with Gasteiger partial charge in [0.15, 0.2) is 0 Å². The molecule has 1 unspecified atom stereocenters. The minimum absolute atomic E-state index is 0.187. The van der Waals surface area contributed by atoms with Crippen LogP contribution in [-0.4, -0.2) is 21.9 Å². The monoisotopic (exact) mass is 298 g/mol. The molecule has 0 spiro atoms. The summed E-state index contributed by atoms with van der Waals surface area (Å²) in [7, 11) is 0. The normalized spacial score (nSPS) is 14.4. The molecule has 20 heavy (non-hydrogen) atoms. The number of ether oxygens (including phenoxy) is 1. The summed E-state index contributed by atoms with van der Waals surface area (Å²) in [5, 5.41) is 8.86. The number of benzene rings is 1. The maximum atomic E-state index is 12.0. The fourth-order valence-corrected chi connectivity index (χ4v) is 1.59. The van der Waals surface area contributed by atoms with Gasteiger partial charge >= 0.3 is 11.9 Å². The SMILES string of the molecule is CCC(C)(Cl)C(=O)OC(C)(C)c1ccc(C(=O)O)cc1. The lowest BCUT2D eigenvalue weighted by Crippen LogP contribution is -2.36. The Balaban J connectivity index is 2.93. The summed E-state index contributed by atoms with van der Waals surface area (Å²) in [5.41, 5.74) is 0.0189. The molecule has 0 saturated heterocycles. The van der Waals surface area contributed by atoms with Crippen molar-refractivity contribution in [2.75, 3.05) is 0 Å². The molecule has 110 valence electrons.